The Morgan fingerprint density at radius 1 is 1.35 bits per heavy atom. The van der Waals surface area contributed by atoms with Crippen molar-refractivity contribution in [1.29, 1.82) is 0 Å². The summed E-state index contributed by atoms with van der Waals surface area (Å²) in [5, 5.41) is 14.1. The Balaban J connectivity index is 1.44. The number of carbonyl (C=O) groups is 2. The highest BCUT2D eigenvalue weighted by atomic mass is 35.5. The van der Waals surface area contributed by atoms with Gasteiger partial charge in [-0.25, -0.2) is 0 Å². The minimum atomic E-state index is -5.12. The molecule has 1 spiro atoms. The first-order valence-electron chi connectivity index (χ1n) is 10.1. The van der Waals surface area contributed by atoms with Crippen LogP contribution >= 0.6 is 11.6 Å². The van der Waals surface area contributed by atoms with E-state index in [1.165, 1.54) is 0 Å². The Kier molecular flexibility index (Phi) is 5.25. The lowest BCUT2D eigenvalue weighted by Gasteiger charge is -2.32. The van der Waals surface area contributed by atoms with Crippen LogP contribution in [0.4, 0.5) is 13.2 Å². The molecule has 6 nitrogen and oxygen atoms in total. The van der Waals surface area contributed by atoms with E-state index >= 15 is 0 Å². The summed E-state index contributed by atoms with van der Waals surface area (Å²) in [6, 6.07) is 4.41. The third-order valence-electron chi connectivity index (χ3n) is 6.42. The van der Waals surface area contributed by atoms with Gasteiger partial charge in [-0.1, -0.05) is 11.6 Å². The number of likely N-dealkylation sites (tertiary alicyclic amines) is 1. The van der Waals surface area contributed by atoms with E-state index in [4.69, 9.17) is 11.6 Å². The van der Waals surface area contributed by atoms with Crippen LogP contribution in [-0.4, -0.2) is 57.7 Å². The Bertz CT molecular complexity index is 1030. The van der Waals surface area contributed by atoms with E-state index in [-0.39, 0.29) is 18.5 Å². The Morgan fingerprint density at radius 3 is 2.71 bits per heavy atom. The van der Waals surface area contributed by atoms with Gasteiger partial charge >= 0.3 is 6.18 Å². The third kappa shape index (κ3) is 4.01. The molecular formula is C21H23ClF3N3O3. The number of halogens is 4. The van der Waals surface area contributed by atoms with Gasteiger partial charge in [0, 0.05) is 35.2 Å². The largest absolute Gasteiger partial charge is 0.426 e. The molecule has 1 saturated heterocycles. The highest BCUT2D eigenvalue weighted by Gasteiger charge is 2.62. The molecule has 2 atom stereocenters. The van der Waals surface area contributed by atoms with Crippen LogP contribution in [-0.2, 0) is 16.0 Å². The first-order valence-corrected chi connectivity index (χ1v) is 10.4. The fraction of sp³-hybridized carbons (Fsp3) is 0.524. The fourth-order valence-corrected chi connectivity index (χ4v) is 4.41. The van der Waals surface area contributed by atoms with Crippen LogP contribution in [0.3, 0.4) is 0 Å². The van der Waals surface area contributed by atoms with E-state index in [9.17, 15) is 27.9 Å². The van der Waals surface area contributed by atoms with Crippen LogP contribution in [0.15, 0.2) is 24.4 Å². The molecule has 10 heteroatoms. The van der Waals surface area contributed by atoms with E-state index < -0.39 is 29.6 Å². The molecule has 1 unspecified atom stereocenters. The summed E-state index contributed by atoms with van der Waals surface area (Å²) in [7, 11) is 0. The predicted octanol–water partition coefficient (Wildman–Crippen LogP) is 3.17. The maximum Gasteiger partial charge on any atom is 0.426 e. The van der Waals surface area contributed by atoms with Crippen molar-refractivity contribution >= 4 is 34.3 Å². The molecule has 1 aromatic carbocycles. The summed E-state index contributed by atoms with van der Waals surface area (Å²) in [4.78, 5) is 29.4. The molecule has 2 fully saturated rings. The van der Waals surface area contributed by atoms with Crippen molar-refractivity contribution in [1.82, 2.24) is 15.2 Å². The molecule has 3 N–H and O–H groups in total. The van der Waals surface area contributed by atoms with Crippen molar-refractivity contribution < 1.29 is 27.9 Å². The summed E-state index contributed by atoms with van der Waals surface area (Å²) in [6.07, 6.45) is -1.01. The number of aliphatic hydroxyl groups is 1. The van der Waals surface area contributed by atoms with E-state index in [1.54, 1.807) is 6.07 Å². The number of nitrogens with one attached hydrogen (secondary N) is 2. The molecular weight excluding hydrogens is 435 g/mol. The summed E-state index contributed by atoms with van der Waals surface area (Å²) in [5.41, 5.74) is -2.00. The van der Waals surface area contributed by atoms with Gasteiger partial charge in [-0.3, -0.25) is 9.59 Å². The van der Waals surface area contributed by atoms with Gasteiger partial charge in [0.05, 0.1) is 0 Å². The van der Waals surface area contributed by atoms with E-state index in [0.717, 1.165) is 34.2 Å². The van der Waals surface area contributed by atoms with Crippen LogP contribution in [0.2, 0.25) is 5.02 Å². The molecule has 2 heterocycles. The quantitative estimate of drug-likeness (QED) is 0.644. The maximum absolute atomic E-state index is 13.2. The lowest BCUT2D eigenvalue weighted by Crippen LogP contribution is -2.59. The second-order valence-electron chi connectivity index (χ2n) is 8.77. The van der Waals surface area contributed by atoms with Crippen LogP contribution in [0, 0.1) is 5.41 Å². The summed E-state index contributed by atoms with van der Waals surface area (Å²) < 4.78 is 39.5. The molecule has 1 aliphatic carbocycles. The number of fused-ring (bicyclic) bond motifs is 1. The maximum atomic E-state index is 13.2. The number of hydrogen-bond acceptors (Lipinski definition) is 3. The van der Waals surface area contributed by atoms with Gasteiger partial charge in [0.2, 0.25) is 11.5 Å². The topological polar surface area (TPSA) is 85.4 Å². The van der Waals surface area contributed by atoms with E-state index in [2.05, 4.69) is 10.3 Å². The molecule has 1 aliphatic heterocycles. The number of nitrogens with zero attached hydrogens (tertiary/aromatic N) is 1. The number of aromatic amines is 1. The van der Waals surface area contributed by atoms with Gasteiger partial charge in [-0.2, -0.15) is 13.2 Å². The molecule has 2 aliphatic rings. The molecule has 2 aromatic rings. The Hall–Kier alpha value is -2.26. The van der Waals surface area contributed by atoms with Gasteiger partial charge in [0.1, 0.15) is 6.04 Å². The van der Waals surface area contributed by atoms with E-state index in [0.29, 0.717) is 24.8 Å². The summed E-state index contributed by atoms with van der Waals surface area (Å²) in [6.45, 7) is 0.737. The van der Waals surface area contributed by atoms with Gasteiger partial charge in [-0.05, 0) is 61.8 Å². The van der Waals surface area contributed by atoms with Gasteiger partial charge in [0.15, 0.2) is 0 Å². The SMILES string of the molecule is CC(O)(C(=O)N1CC2(CC2)C[C@H]1C(=O)NCCc1c[nH]c2ccc(Cl)cc12)C(F)(F)F. The first-order chi connectivity index (χ1) is 14.4. The lowest BCUT2D eigenvalue weighted by molar-refractivity contribution is -0.250. The fourth-order valence-electron chi connectivity index (χ4n) is 4.24. The van der Waals surface area contributed by atoms with Crippen molar-refractivity contribution in [3.63, 3.8) is 0 Å². The van der Waals surface area contributed by atoms with Crippen molar-refractivity contribution in [3.05, 3.63) is 35.0 Å². The Morgan fingerprint density at radius 2 is 2.06 bits per heavy atom. The molecule has 4 rings (SSSR count). The molecule has 1 aromatic heterocycles. The monoisotopic (exact) mass is 457 g/mol. The zero-order valence-electron chi connectivity index (χ0n) is 16.9. The smallest absolute Gasteiger partial charge is 0.373 e. The second kappa shape index (κ2) is 7.41. The molecule has 2 amide bonds. The molecule has 0 radical (unpaired) electrons. The number of rotatable bonds is 5. The van der Waals surface area contributed by atoms with Crippen molar-refractivity contribution in [2.24, 2.45) is 5.41 Å². The molecule has 31 heavy (non-hydrogen) atoms. The number of amides is 2. The zero-order chi connectivity index (χ0) is 22.6. The van der Waals surface area contributed by atoms with E-state index in [1.807, 2.05) is 18.3 Å². The highest BCUT2D eigenvalue weighted by Crippen LogP contribution is 2.55. The summed E-state index contributed by atoms with van der Waals surface area (Å²) >= 11 is 6.04. The summed E-state index contributed by atoms with van der Waals surface area (Å²) in [5.74, 6) is -1.98. The van der Waals surface area contributed by atoms with Crippen molar-refractivity contribution in [2.75, 3.05) is 13.1 Å². The number of alkyl halides is 3. The molecule has 1 saturated carbocycles. The average Bonchev–Trinajstić information content (AvgIpc) is 3.16. The standard InChI is InChI=1S/C21H23ClF3N3O3/c1-19(31,21(23,24)25)18(30)28-11-20(5-6-20)9-16(28)17(29)26-7-4-12-10-27-15-3-2-13(22)8-14(12)15/h2-3,8,10,16,27,31H,4-7,9,11H2,1H3,(H,26,29)/t16-,19?/m0/s1. The van der Waals surface area contributed by atoms with Crippen molar-refractivity contribution in [2.45, 2.75) is 50.4 Å². The minimum Gasteiger partial charge on any atom is -0.373 e. The number of aromatic nitrogens is 1. The van der Waals surface area contributed by atoms with Gasteiger partial charge in [-0.15, -0.1) is 0 Å². The van der Waals surface area contributed by atoms with Crippen LogP contribution in [0.5, 0.6) is 0 Å². The third-order valence-corrected chi connectivity index (χ3v) is 6.66. The lowest BCUT2D eigenvalue weighted by atomic mass is 10.0. The number of benzene rings is 1. The zero-order valence-corrected chi connectivity index (χ0v) is 17.6. The van der Waals surface area contributed by atoms with Gasteiger partial charge < -0.3 is 20.3 Å². The molecule has 0 bridgehead atoms. The predicted molar refractivity (Wildman–Crippen MR) is 108 cm³/mol. The second-order valence-corrected chi connectivity index (χ2v) is 9.20. The number of hydrogen-bond donors (Lipinski definition) is 3. The normalized spacial score (nSPS) is 22.0. The highest BCUT2D eigenvalue weighted by molar-refractivity contribution is 6.31. The van der Waals surface area contributed by atoms with Crippen LogP contribution < -0.4 is 5.32 Å². The number of H-pyrrole nitrogens is 1. The van der Waals surface area contributed by atoms with Crippen molar-refractivity contribution in [3.8, 4) is 0 Å². The van der Waals surface area contributed by atoms with Crippen LogP contribution in [0.1, 0.15) is 31.7 Å². The minimum absolute atomic E-state index is 0.0527. The number of carbonyl (C=O) groups excluding carboxylic acids is 2. The Labute approximate surface area is 181 Å². The first kappa shape index (κ1) is 22.0. The van der Waals surface area contributed by atoms with Gasteiger partial charge in [0.25, 0.3) is 5.91 Å². The molecule has 168 valence electrons. The average molecular weight is 458 g/mol. The van der Waals surface area contributed by atoms with Crippen LogP contribution in [0.25, 0.3) is 10.9 Å².